The summed E-state index contributed by atoms with van der Waals surface area (Å²) in [6, 6.07) is 1.62. The van der Waals surface area contributed by atoms with Crippen LogP contribution < -0.4 is 4.72 Å². The van der Waals surface area contributed by atoms with Crippen LogP contribution in [-0.4, -0.2) is 13.4 Å². The van der Waals surface area contributed by atoms with Crippen LogP contribution in [0.2, 0.25) is 0 Å². The number of rotatable bonds is 4. The van der Waals surface area contributed by atoms with Crippen LogP contribution in [0.3, 0.4) is 0 Å². The van der Waals surface area contributed by atoms with Crippen molar-refractivity contribution in [2.75, 3.05) is 0 Å². The molecule has 0 saturated carbocycles. The SMILES string of the molecule is Cc1ccncc1CNS(=O)(=O)c1c(F)c(F)c(F)c(F)c1Br. The van der Waals surface area contributed by atoms with Gasteiger partial charge in [0.05, 0.1) is 4.47 Å². The number of nitrogens with zero attached hydrogens (tertiary/aromatic N) is 1. The van der Waals surface area contributed by atoms with E-state index in [1.54, 1.807) is 13.0 Å². The predicted molar refractivity (Wildman–Crippen MR) is 77.0 cm³/mol. The van der Waals surface area contributed by atoms with Gasteiger partial charge in [0, 0.05) is 18.9 Å². The zero-order valence-corrected chi connectivity index (χ0v) is 13.9. The number of nitrogens with one attached hydrogen (secondary N) is 1. The van der Waals surface area contributed by atoms with Gasteiger partial charge in [-0.25, -0.2) is 30.7 Å². The largest absolute Gasteiger partial charge is 0.264 e. The molecule has 0 aliphatic rings. The minimum absolute atomic E-state index is 0.283. The lowest BCUT2D eigenvalue weighted by atomic mass is 10.2. The van der Waals surface area contributed by atoms with Crippen molar-refractivity contribution in [2.45, 2.75) is 18.4 Å². The van der Waals surface area contributed by atoms with Crippen LogP contribution in [0.15, 0.2) is 27.8 Å². The van der Waals surface area contributed by atoms with Crippen molar-refractivity contribution in [3.05, 3.63) is 57.3 Å². The Morgan fingerprint density at radius 3 is 2.35 bits per heavy atom. The highest BCUT2D eigenvalue weighted by Crippen LogP contribution is 2.31. The summed E-state index contributed by atoms with van der Waals surface area (Å²) in [5.41, 5.74) is 1.19. The first-order chi connectivity index (χ1) is 10.7. The Morgan fingerprint density at radius 2 is 1.74 bits per heavy atom. The van der Waals surface area contributed by atoms with Gasteiger partial charge in [-0.1, -0.05) is 0 Å². The van der Waals surface area contributed by atoms with Gasteiger partial charge >= 0.3 is 0 Å². The second-order valence-corrected chi connectivity index (χ2v) is 7.02. The monoisotopic (exact) mass is 412 g/mol. The van der Waals surface area contributed by atoms with Gasteiger partial charge < -0.3 is 0 Å². The van der Waals surface area contributed by atoms with Gasteiger partial charge in [0.25, 0.3) is 0 Å². The van der Waals surface area contributed by atoms with E-state index in [0.717, 1.165) is 0 Å². The summed E-state index contributed by atoms with van der Waals surface area (Å²) >= 11 is 2.44. The fourth-order valence-electron chi connectivity index (χ4n) is 1.75. The Morgan fingerprint density at radius 1 is 1.13 bits per heavy atom. The zero-order chi connectivity index (χ0) is 17.4. The molecule has 124 valence electrons. The zero-order valence-electron chi connectivity index (χ0n) is 11.5. The van der Waals surface area contributed by atoms with Gasteiger partial charge in [-0.2, -0.15) is 0 Å². The van der Waals surface area contributed by atoms with Crippen LogP contribution in [0.1, 0.15) is 11.1 Å². The molecule has 2 rings (SSSR count). The highest BCUT2D eigenvalue weighted by molar-refractivity contribution is 9.10. The maximum Gasteiger partial charge on any atom is 0.245 e. The number of hydrogen-bond donors (Lipinski definition) is 1. The molecule has 1 heterocycles. The average molecular weight is 413 g/mol. The standard InChI is InChI=1S/C13H9BrF4N2O2S/c1-6-2-3-19-4-7(6)5-20-23(21,22)13-8(14)9(15)10(16)11(17)12(13)18/h2-4,20H,5H2,1H3. The van der Waals surface area contributed by atoms with Crippen LogP contribution in [0.25, 0.3) is 0 Å². The maximum absolute atomic E-state index is 13.8. The summed E-state index contributed by atoms with van der Waals surface area (Å²) in [4.78, 5) is 2.47. The summed E-state index contributed by atoms with van der Waals surface area (Å²) in [5.74, 6) is -8.15. The van der Waals surface area contributed by atoms with Gasteiger partial charge in [0.1, 0.15) is 4.90 Å². The highest BCUT2D eigenvalue weighted by Gasteiger charge is 2.31. The summed E-state index contributed by atoms with van der Waals surface area (Å²) in [6.07, 6.45) is 2.88. The first-order valence-corrected chi connectivity index (χ1v) is 8.35. The summed E-state index contributed by atoms with van der Waals surface area (Å²) in [7, 11) is -4.64. The number of sulfonamides is 1. The predicted octanol–water partition coefficient (Wildman–Crippen LogP) is 3.19. The quantitative estimate of drug-likeness (QED) is 0.476. The van der Waals surface area contributed by atoms with Crippen molar-refractivity contribution in [1.82, 2.24) is 9.71 Å². The Balaban J connectivity index is 2.43. The minimum Gasteiger partial charge on any atom is -0.264 e. The van der Waals surface area contributed by atoms with Crippen LogP contribution in [0.5, 0.6) is 0 Å². The third kappa shape index (κ3) is 3.38. The molecule has 0 bridgehead atoms. The number of aromatic nitrogens is 1. The number of benzene rings is 1. The molecule has 0 radical (unpaired) electrons. The summed E-state index contributed by atoms with van der Waals surface area (Å²) in [6.45, 7) is 1.41. The fourth-order valence-corrected chi connectivity index (χ4v) is 3.88. The molecule has 0 fully saturated rings. The van der Waals surface area contributed by atoms with Crippen molar-refractivity contribution in [3.63, 3.8) is 0 Å². The maximum atomic E-state index is 13.8. The lowest BCUT2D eigenvalue weighted by molar-refractivity contribution is 0.392. The number of aryl methyl sites for hydroxylation is 1. The van der Waals surface area contributed by atoms with Crippen molar-refractivity contribution in [3.8, 4) is 0 Å². The molecular weight excluding hydrogens is 404 g/mol. The van der Waals surface area contributed by atoms with Gasteiger partial charge in [-0.15, -0.1) is 0 Å². The first-order valence-electron chi connectivity index (χ1n) is 6.07. The molecule has 4 nitrogen and oxygen atoms in total. The van der Waals surface area contributed by atoms with E-state index >= 15 is 0 Å². The van der Waals surface area contributed by atoms with Crippen molar-refractivity contribution >= 4 is 26.0 Å². The van der Waals surface area contributed by atoms with E-state index < -0.39 is 42.7 Å². The Bertz CT molecular complexity index is 846. The first kappa shape index (κ1) is 17.8. The topological polar surface area (TPSA) is 59.1 Å². The second-order valence-electron chi connectivity index (χ2n) is 4.53. The molecule has 10 heteroatoms. The molecule has 23 heavy (non-hydrogen) atoms. The van der Waals surface area contributed by atoms with E-state index in [9.17, 15) is 26.0 Å². The highest BCUT2D eigenvalue weighted by atomic mass is 79.9. The number of pyridine rings is 1. The summed E-state index contributed by atoms with van der Waals surface area (Å²) < 4.78 is 78.8. The molecular formula is C13H9BrF4N2O2S. The van der Waals surface area contributed by atoms with Crippen molar-refractivity contribution in [2.24, 2.45) is 0 Å². The molecule has 1 N–H and O–H groups in total. The van der Waals surface area contributed by atoms with E-state index in [4.69, 9.17) is 0 Å². The van der Waals surface area contributed by atoms with Gasteiger partial charge in [-0.05, 0) is 40.0 Å². The lowest BCUT2D eigenvalue weighted by Gasteiger charge is -2.12. The molecule has 0 aliphatic heterocycles. The smallest absolute Gasteiger partial charge is 0.245 e. The number of hydrogen-bond acceptors (Lipinski definition) is 3. The minimum atomic E-state index is -4.64. The van der Waals surface area contributed by atoms with Crippen LogP contribution >= 0.6 is 15.9 Å². The van der Waals surface area contributed by atoms with E-state index in [1.165, 1.54) is 12.4 Å². The van der Waals surface area contributed by atoms with Gasteiger partial charge in [0.15, 0.2) is 23.3 Å². The second kappa shape index (κ2) is 6.54. The third-order valence-corrected chi connectivity index (χ3v) is 5.49. The van der Waals surface area contributed by atoms with E-state index in [2.05, 4.69) is 20.9 Å². The molecule has 0 unspecified atom stereocenters. The van der Waals surface area contributed by atoms with Crippen LogP contribution in [0, 0.1) is 30.2 Å². The molecule has 0 aliphatic carbocycles. The van der Waals surface area contributed by atoms with Crippen molar-refractivity contribution < 1.29 is 26.0 Å². The molecule has 1 aromatic heterocycles. The molecule has 1 aromatic carbocycles. The van der Waals surface area contributed by atoms with E-state index in [1.807, 2.05) is 4.72 Å². The van der Waals surface area contributed by atoms with E-state index in [-0.39, 0.29) is 6.54 Å². The van der Waals surface area contributed by atoms with E-state index in [0.29, 0.717) is 11.1 Å². The summed E-state index contributed by atoms with van der Waals surface area (Å²) in [5, 5.41) is 0. The molecule has 0 amide bonds. The Labute approximate surface area is 137 Å². The van der Waals surface area contributed by atoms with Gasteiger partial charge in [-0.3, -0.25) is 4.98 Å². The van der Waals surface area contributed by atoms with Crippen molar-refractivity contribution in [1.29, 1.82) is 0 Å². The van der Waals surface area contributed by atoms with Gasteiger partial charge in [0.2, 0.25) is 10.0 Å². The molecule has 0 atom stereocenters. The number of halogens is 5. The Hall–Kier alpha value is -1.52. The molecule has 0 spiro atoms. The fraction of sp³-hybridized carbons (Fsp3) is 0.154. The van der Waals surface area contributed by atoms with Crippen LogP contribution in [-0.2, 0) is 16.6 Å². The lowest BCUT2D eigenvalue weighted by Crippen LogP contribution is -2.26. The molecule has 2 aromatic rings. The average Bonchev–Trinajstić information content (AvgIpc) is 2.50. The van der Waals surface area contributed by atoms with Crippen LogP contribution in [0.4, 0.5) is 17.6 Å². The molecule has 0 saturated heterocycles. The normalized spacial score (nSPS) is 11.7. The Kier molecular flexibility index (Phi) is 5.07. The third-order valence-electron chi connectivity index (χ3n) is 3.04.